The molecular formula is C34H37FN8OS. The molecule has 9 nitrogen and oxygen atoms in total. The van der Waals surface area contributed by atoms with Gasteiger partial charge in [0, 0.05) is 56.0 Å². The fraction of sp³-hybridized carbons (Fsp3) is 0.471. The van der Waals surface area contributed by atoms with Crippen LogP contribution in [0.2, 0.25) is 0 Å². The predicted molar refractivity (Wildman–Crippen MR) is 174 cm³/mol. The van der Waals surface area contributed by atoms with Gasteiger partial charge in [-0.15, -0.1) is 0 Å². The number of piperidine rings is 1. The zero-order valence-corrected chi connectivity index (χ0v) is 26.8. The summed E-state index contributed by atoms with van der Waals surface area (Å²) in [6.07, 6.45) is 5.48. The van der Waals surface area contributed by atoms with Gasteiger partial charge < -0.3 is 19.6 Å². The highest BCUT2D eigenvalue weighted by Gasteiger charge is 2.54. The number of likely N-dealkylation sites (tertiary alicyclic amines) is 2. The summed E-state index contributed by atoms with van der Waals surface area (Å²) in [4.78, 5) is 27.0. The lowest BCUT2D eigenvalue weighted by Crippen LogP contribution is -2.73. The number of halogens is 1. The van der Waals surface area contributed by atoms with E-state index >= 15 is 4.39 Å². The zero-order chi connectivity index (χ0) is 31.0. The van der Waals surface area contributed by atoms with E-state index in [1.165, 1.54) is 17.5 Å². The Labute approximate surface area is 266 Å². The molecule has 1 aromatic carbocycles. The number of carbonyl (C=O) groups is 1. The molecule has 0 atom stereocenters. The molecule has 4 fully saturated rings. The second-order valence-electron chi connectivity index (χ2n) is 13.7. The summed E-state index contributed by atoms with van der Waals surface area (Å²) in [6.45, 7) is 7.01. The molecule has 0 unspecified atom stereocenters. The molecule has 45 heavy (non-hydrogen) atoms. The molecule has 6 heterocycles. The average molecular weight is 625 g/mol. The number of pyridine rings is 1. The minimum Gasteiger partial charge on any atom is -0.368 e. The van der Waals surface area contributed by atoms with E-state index < -0.39 is 0 Å². The second-order valence-corrected chi connectivity index (χ2v) is 14.7. The Balaban J connectivity index is 1.05. The number of carbonyl (C=O) groups excluding carboxylic acids is 1. The van der Waals surface area contributed by atoms with E-state index in [9.17, 15) is 10.1 Å². The van der Waals surface area contributed by atoms with E-state index in [0.717, 1.165) is 93.0 Å². The van der Waals surface area contributed by atoms with Gasteiger partial charge in [0.2, 0.25) is 5.91 Å². The molecule has 11 heteroatoms. The number of nitrogens with zero attached hydrogens (tertiary/aromatic N) is 8. The summed E-state index contributed by atoms with van der Waals surface area (Å²) in [5.74, 6) is 0.475. The minimum absolute atomic E-state index is 0.0552. The Bertz CT molecular complexity index is 1830. The summed E-state index contributed by atoms with van der Waals surface area (Å²) in [5.41, 5.74) is 6.06. The number of nitriles is 1. The molecular weight excluding hydrogens is 587 g/mol. The van der Waals surface area contributed by atoms with Crippen molar-refractivity contribution in [2.75, 3.05) is 63.2 Å². The van der Waals surface area contributed by atoms with Crippen molar-refractivity contribution in [2.24, 2.45) is 11.3 Å². The van der Waals surface area contributed by atoms with E-state index in [4.69, 9.17) is 10.1 Å². The number of fused-ring (bicyclic) bond motifs is 1. The topological polar surface area (TPSA) is 84.0 Å². The number of aryl methyl sites for hydroxylation is 1. The predicted octanol–water partition coefficient (Wildman–Crippen LogP) is 5.41. The molecule has 3 aromatic heterocycles. The lowest BCUT2D eigenvalue weighted by atomic mass is 9.72. The lowest BCUT2D eigenvalue weighted by molar-refractivity contribution is -0.151. The molecule has 0 bridgehead atoms. The molecule has 0 N–H and O–H groups in total. The van der Waals surface area contributed by atoms with Crippen LogP contribution < -0.4 is 9.80 Å². The van der Waals surface area contributed by atoms with Gasteiger partial charge >= 0.3 is 0 Å². The fourth-order valence-corrected chi connectivity index (χ4v) is 8.23. The van der Waals surface area contributed by atoms with E-state index in [2.05, 4.69) is 22.9 Å². The highest BCUT2D eigenvalue weighted by Crippen LogP contribution is 2.49. The number of benzene rings is 1. The number of aromatic nitrogens is 3. The quantitative estimate of drug-likeness (QED) is 0.284. The van der Waals surface area contributed by atoms with Crippen LogP contribution in [0.15, 0.2) is 36.5 Å². The Hall–Kier alpha value is -4.01. The third kappa shape index (κ3) is 4.86. The number of thiazole rings is 1. The number of hydrogen-bond donors (Lipinski definition) is 0. The van der Waals surface area contributed by atoms with Crippen molar-refractivity contribution in [1.29, 1.82) is 5.26 Å². The lowest BCUT2D eigenvalue weighted by Gasteiger charge is -2.61. The largest absolute Gasteiger partial charge is 0.368 e. The molecule has 1 amide bonds. The highest BCUT2D eigenvalue weighted by atomic mass is 32.1. The van der Waals surface area contributed by atoms with Gasteiger partial charge in [0.05, 0.1) is 28.8 Å². The first-order chi connectivity index (χ1) is 21.7. The molecule has 1 saturated carbocycles. The Kier molecular flexibility index (Phi) is 6.66. The summed E-state index contributed by atoms with van der Waals surface area (Å²) in [6, 6.07) is 12.3. The van der Waals surface area contributed by atoms with Crippen molar-refractivity contribution in [3.05, 3.63) is 58.5 Å². The molecule has 3 saturated heterocycles. The Morgan fingerprint density at radius 2 is 1.82 bits per heavy atom. The van der Waals surface area contributed by atoms with Gasteiger partial charge in [-0.3, -0.25) is 4.79 Å². The van der Waals surface area contributed by atoms with E-state index in [1.807, 2.05) is 54.1 Å². The minimum atomic E-state index is -0.294. The summed E-state index contributed by atoms with van der Waals surface area (Å²) in [7, 11) is 4.08. The zero-order valence-electron chi connectivity index (χ0n) is 26.0. The van der Waals surface area contributed by atoms with Gasteiger partial charge in [0.15, 0.2) is 10.9 Å². The first kappa shape index (κ1) is 28.5. The van der Waals surface area contributed by atoms with Gasteiger partial charge in [-0.2, -0.15) is 10.4 Å². The second kappa shape index (κ2) is 10.5. The van der Waals surface area contributed by atoms with Crippen LogP contribution in [0.3, 0.4) is 0 Å². The molecule has 8 rings (SSSR count). The maximum atomic E-state index is 15.6. The molecule has 3 aliphatic heterocycles. The van der Waals surface area contributed by atoms with E-state index in [1.54, 1.807) is 4.52 Å². The van der Waals surface area contributed by atoms with Gasteiger partial charge in [-0.25, -0.2) is 13.9 Å². The molecule has 4 aliphatic rings. The maximum absolute atomic E-state index is 15.6. The number of hydrogen-bond acceptors (Lipinski definition) is 8. The smallest absolute Gasteiger partial charge is 0.225 e. The standard InChI is InChI=1S/C34H37FN8OS/c1-21-4-6-22(7-5-21)29-28(15-36)45-33(37-29)40(3)31-27-14-26(25(35)16-43(27)38-30(31)23-8-9-23)41-17-34(18-41)19-42(20-34)32(44)24-10-12-39(2)13-11-24/h4-7,14,16,23-24H,8-13,17-20H2,1-3H3. The van der Waals surface area contributed by atoms with Crippen molar-refractivity contribution < 1.29 is 9.18 Å². The maximum Gasteiger partial charge on any atom is 0.225 e. The summed E-state index contributed by atoms with van der Waals surface area (Å²) >= 11 is 1.36. The number of anilines is 3. The van der Waals surface area contributed by atoms with Crippen LogP contribution in [0.1, 0.15) is 47.7 Å². The fourth-order valence-electron chi connectivity index (χ4n) is 7.38. The Morgan fingerprint density at radius 1 is 1.11 bits per heavy atom. The van der Waals surface area contributed by atoms with Crippen LogP contribution in [-0.2, 0) is 4.79 Å². The van der Waals surface area contributed by atoms with E-state index in [-0.39, 0.29) is 17.2 Å². The van der Waals surface area contributed by atoms with Crippen molar-refractivity contribution in [3.8, 4) is 17.3 Å². The van der Waals surface area contributed by atoms with Crippen LogP contribution in [-0.4, -0.2) is 83.7 Å². The van der Waals surface area contributed by atoms with Gasteiger partial charge in [0.25, 0.3) is 0 Å². The van der Waals surface area contributed by atoms with Crippen molar-refractivity contribution in [2.45, 2.75) is 38.5 Å². The van der Waals surface area contributed by atoms with Crippen LogP contribution >= 0.6 is 11.3 Å². The average Bonchev–Trinajstić information content (AvgIpc) is 3.64. The van der Waals surface area contributed by atoms with Crippen molar-refractivity contribution >= 4 is 39.3 Å². The summed E-state index contributed by atoms with van der Waals surface area (Å²) < 4.78 is 17.3. The first-order valence-electron chi connectivity index (χ1n) is 15.9. The van der Waals surface area contributed by atoms with Crippen LogP contribution in [0, 0.1) is 35.4 Å². The van der Waals surface area contributed by atoms with Crippen LogP contribution in [0.4, 0.5) is 20.9 Å². The van der Waals surface area contributed by atoms with Gasteiger partial charge in [0.1, 0.15) is 16.6 Å². The van der Waals surface area contributed by atoms with E-state index in [0.29, 0.717) is 33.2 Å². The van der Waals surface area contributed by atoms with Gasteiger partial charge in [-0.1, -0.05) is 41.2 Å². The van der Waals surface area contributed by atoms with Crippen LogP contribution in [0.25, 0.3) is 16.8 Å². The van der Waals surface area contributed by atoms with Gasteiger partial charge in [-0.05, 0) is 58.8 Å². The molecule has 1 spiro atoms. The normalized spacial score (nSPS) is 19.9. The summed E-state index contributed by atoms with van der Waals surface area (Å²) in [5, 5.41) is 15.5. The highest BCUT2D eigenvalue weighted by molar-refractivity contribution is 7.16. The van der Waals surface area contributed by atoms with Crippen molar-refractivity contribution in [1.82, 2.24) is 24.4 Å². The number of amides is 1. The van der Waals surface area contributed by atoms with Crippen LogP contribution in [0.5, 0.6) is 0 Å². The molecule has 0 radical (unpaired) electrons. The third-order valence-corrected chi connectivity index (χ3v) is 11.2. The SMILES string of the molecule is Cc1ccc(-c2nc(N(C)c3c(C4CC4)nn4cc(F)c(N5CC6(CN(C(=O)C7CCN(C)CC7)C6)C5)cc34)sc2C#N)cc1. The third-order valence-electron chi connectivity index (χ3n) is 10.2. The van der Waals surface area contributed by atoms with Crippen molar-refractivity contribution in [3.63, 3.8) is 0 Å². The monoisotopic (exact) mass is 624 g/mol. The molecule has 1 aliphatic carbocycles. The molecule has 4 aromatic rings. The first-order valence-corrected chi connectivity index (χ1v) is 16.7. The molecule has 232 valence electrons. The number of rotatable bonds is 6. The Morgan fingerprint density at radius 3 is 2.49 bits per heavy atom.